The minimum Gasteiger partial charge on any atom is -0.397 e. The minimum atomic E-state index is -1.30. The highest BCUT2D eigenvalue weighted by Crippen LogP contribution is 2.32. The lowest BCUT2D eigenvalue weighted by Crippen LogP contribution is -2.22. The number of nitrogen functional groups attached to an aromatic ring is 1. The number of halogens is 2. The first-order valence-corrected chi connectivity index (χ1v) is 4.94. The fraction of sp³-hybridized carbons (Fsp3) is 0.333. The average Bonchev–Trinajstić information content (AvgIpc) is 2.21. The van der Waals surface area contributed by atoms with Gasteiger partial charge in [0.25, 0.3) is 0 Å². The maximum Gasteiger partial charge on any atom is 0.109 e. The van der Waals surface area contributed by atoms with Crippen LogP contribution in [0.1, 0.15) is 11.7 Å². The van der Waals surface area contributed by atoms with Gasteiger partial charge in [0.05, 0.1) is 17.3 Å². The highest BCUT2D eigenvalue weighted by atomic mass is 35.5. The molecule has 0 saturated carbocycles. The summed E-state index contributed by atoms with van der Waals surface area (Å²) in [5.74, 6) is 0. The third-order valence-electron chi connectivity index (χ3n) is 1.99. The van der Waals surface area contributed by atoms with Crippen LogP contribution in [0, 0.1) is 0 Å². The van der Waals surface area contributed by atoms with Crippen LogP contribution in [0.25, 0.3) is 0 Å². The molecular weight excluding hydrogens is 241 g/mol. The maximum atomic E-state index is 9.59. The van der Waals surface area contributed by atoms with E-state index in [4.69, 9.17) is 34.0 Å². The second-order valence-electron chi connectivity index (χ2n) is 3.09. The zero-order valence-corrected chi connectivity index (χ0v) is 9.20. The number of hydrogen-bond donors (Lipinski definition) is 4. The second-order valence-corrected chi connectivity index (χ2v) is 3.90. The standard InChI is InChI=1S/C9H11Cl2NO3/c10-5-2-7(12)6(11)1-4(5)9(15)8(14)3-13/h1-2,8-9,13-15H,3,12H2. The van der Waals surface area contributed by atoms with Crippen molar-refractivity contribution in [1.29, 1.82) is 0 Å². The van der Waals surface area contributed by atoms with E-state index in [9.17, 15) is 10.2 Å². The van der Waals surface area contributed by atoms with E-state index in [1.807, 2.05) is 0 Å². The Morgan fingerprint density at radius 2 is 1.80 bits per heavy atom. The maximum absolute atomic E-state index is 9.59. The summed E-state index contributed by atoms with van der Waals surface area (Å²) in [6, 6.07) is 2.75. The van der Waals surface area contributed by atoms with E-state index in [0.717, 1.165) is 0 Å². The van der Waals surface area contributed by atoms with Gasteiger partial charge in [-0.25, -0.2) is 0 Å². The van der Waals surface area contributed by atoms with Crippen LogP contribution in [0.3, 0.4) is 0 Å². The van der Waals surface area contributed by atoms with Gasteiger partial charge in [-0.1, -0.05) is 23.2 Å². The zero-order valence-electron chi connectivity index (χ0n) is 7.69. The molecule has 0 amide bonds. The van der Waals surface area contributed by atoms with Crippen molar-refractivity contribution in [2.75, 3.05) is 12.3 Å². The number of nitrogens with two attached hydrogens (primary N) is 1. The van der Waals surface area contributed by atoms with Crippen LogP contribution in [0.15, 0.2) is 12.1 Å². The zero-order chi connectivity index (χ0) is 11.6. The van der Waals surface area contributed by atoms with Crippen molar-refractivity contribution in [3.63, 3.8) is 0 Å². The molecule has 0 spiro atoms. The molecular formula is C9H11Cl2NO3. The molecule has 0 aliphatic carbocycles. The van der Waals surface area contributed by atoms with E-state index >= 15 is 0 Å². The van der Waals surface area contributed by atoms with Crippen molar-refractivity contribution in [2.45, 2.75) is 12.2 Å². The fourth-order valence-electron chi connectivity index (χ4n) is 1.11. The van der Waals surface area contributed by atoms with E-state index in [2.05, 4.69) is 0 Å². The molecule has 5 N–H and O–H groups in total. The molecule has 1 rings (SSSR count). The molecule has 0 bridgehead atoms. The largest absolute Gasteiger partial charge is 0.397 e. The number of hydrogen-bond acceptors (Lipinski definition) is 4. The molecule has 6 heteroatoms. The Morgan fingerprint density at radius 3 is 2.33 bits per heavy atom. The van der Waals surface area contributed by atoms with Crippen LogP contribution in [0.5, 0.6) is 0 Å². The monoisotopic (exact) mass is 251 g/mol. The first kappa shape index (κ1) is 12.5. The Morgan fingerprint density at radius 1 is 1.20 bits per heavy atom. The third kappa shape index (κ3) is 2.74. The summed E-state index contributed by atoms with van der Waals surface area (Å²) in [4.78, 5) is 0. The summed E-state index contributed by atoms with van der Waals surface area (Å²) < 4.78 is 0. The number of aliphatic hydroxyl groups is 3. The predicted molar refractivity (Wildman–Crippen MR) is 58.9 cm³/mol. The molecule has 0 heterocycles. The van der Waals surface area contributed by atoms with E-state index in [1.165, 1.54) is 12.1 Å². The average molecular weight is 252 g/mol. The normalized spacial score (nSPS) is 15.0. The van der Waals surface area contributed by atoms with Gasteiger partial charge >= 0.3 is 0 Å². The minimum absolute atomic E-state index is 0.192. The summed E-state index contributed by atoms with van der Waals surface area (Å²) >= 11 is 11.5. The van der Waals surface area contributed by atoms with Crippen molar-refractivity contribution in [3.8, 4) is 0 Å². The first-order chi connectivity index (χ1) is 6.97. The van der Waals surface area contributed by atoms with Crippen molar-refractivity contribution in [2.24, 2.45) is 0 Å². The topological polar surface area (TPSA) is 86.7 Å². The van der Waals surface area contributed by atoms with Gasteiger partial charge in [0.2, 0.25) is 0 Å². The van der Waals surface area contributed by atoms with Gasteiger partial charge in [-0.15, -0.1) is 0 Å². The summed E-state index contributed by atoms with van der Waals surface area (Å²) in [5.41, 5.74) is 6.01. The van der Waals surface area contributed by atoms with E-state index in [-0.39, 0.29) is 21.3 Å². The molecule has 0 aromatic heterocycles. The van der Waals surface area contributed by atoms with Crippen LogP contribution in [0.4, 0.5) is 5.69 Å². The molecule has 1 aromatic carbocycles. The number of anilines is 1. The highest BCUT2D eigenvalue weighted by Gasteiger charge is 2.21. The van der Waals surface area contributed by atoms with E-state index in [0.29, 0.717) is 0 Å². The van der Waals surface area contributed by atoms with Gasteiger partial charge in [-0.2, -0.15) is 0 Å². The van der Waals surface area contributed by atoms with Crippen molar-refractivity contribution in [3.05, 3.63) is 27.7 Å². The Bertz CT molecular complexity index is 359. The lowest BCUT2D eigenvalue weighted by molar-refractivity contribution is -0.0152. The van der Waals surface area contributed by atoms with Crippen molar-refractivity contribution in [1.82, 2.24) is 0 Å². The quantitative estimate of drug-likeness (QED) is 0.603. The highest BCUT2D eigenvalue weighted by molar-refractivity contribution is 6.35. The molecule has 2 atom stereocenters. The van der Waals surface area contributed by atoms with Crippen molar-refractivity contribution < 1.29 is 15.3 Å². The van der Waals surface area contributed by atoms with E-state index < -0.39 is 18.8 Å². The molecule has 84 valence electrons. The Labute approximate surface area is 96.9 Å². The van der Waals surface area contributed by atoms with Crippen LogP contribution in [-0.4, -0.2) is 28.0 Å². The molecule has 1 aromatic rings. The summed E-state index contributed by atoms with van der Waals surface area (Å²) in [5, 5.41) is 27.9. The third-order valence-corrected chi connectivity index (χ3v) is 2.64. The smallest absolute Gasteiger partial charge is 0.109 e. The molecule has 0 saturated heterocycles. The molecule has 0 aliphatic heterocycles. The van der Waals surface area contributed by atoms with Crippen molar-refractivity contribution >= 4 is 28.9 Å². The van der Waals surface area contributed by atoms with Crippen LogP contribution >= 0.6 is 23.2 Å². The van der Waals surface area contributed by atoms with Gasteiger partial charge in [-0.3, -0.25) is 0 Å². The number of benzene rings is 1. The summed E-state index contributed by atoms with van der Waals surface area (Å²) in [6.45, 7) is -0.570. The van der Waals surface area contributed by atoms with Crippen LogP contribution < -0.4 is 5.73 Å². The molecule has 0 fully saturated rings. The summed E-state index contributed by atoms with van der Waals surface area (Å²) in [6.07, 6.45) is -2.59. The molecule has 4 nitrogen and oxygen atoms in total. The molecule has 0 aliphatic rings. The Balaban J connectivity index is 3.09. The van der Waals surface area contributed by atoms with Gasteiger partial charge in [0.15, 0.2) is 0 Å². The second kappa shape index (κ2) is 5.01. The van der Waals surface area contributed by atoms with E-state index in [1.54, 1.807) is 0 Å². The van der Waals surface area contributed by atoms with Gasteiger partial charge in [0, 0.05) is 10.6 Å². The molecule has 2 unspecified atom stereocenters. The summed E-state index contributed by atoms with van der Waals surface area (Å²) in [7, 11) is 0. The Hall–Kier alpha value is -0.520. The SMILES string of the molecule is Nc1cc(Cl)c(C(O)C(O)CO)cc1Cl. The van der Waals surface area contributed by atoms with Gasteiger partial charge in [-0.05, 0) is 12.1 Å². The van der Waals surface area contributed by atoms with Gasteiger partial charge in [0.1, 0.15) is 12.2 Å². The lowest BCUT2D eigenvalue weighted by atomic mass is 10.0. The fourth-order valence-corrected chi connectivity index (χ4v) is 1.57. The lowest BCUT2D eigenvalue weighted by Gasteiger charge is -2.17. The molecule has 15 heavy (non-hydrogen) atoms. The number of rotatable bonds is 3. The predicted octanol–water partition coefficient (Wildman–Crippen LogP) is 0.962. The molecule has 0 radical (unpaired) electrons. The van der Waals surface area contributed by atoms with Gasteiger partial charge < -0.3 is 21.1 Å². The first-order valence-electron chi connectivity index (χ1n) is 4.18. The Kier molecular flexibility index (Phi) is 4.19. The van der Waals surface area contributed by atoms with Crippen LogP contribution in [0.2, 0.25) is 10.0 Å². The number of aliphatic hydroxyl groups excluding tert-OH is 3. The van der Waals surface area contributed by atoms with Crippen LogP contribution in [-0.2, 0) is 0 Å².